The first-order valence-corrected chi connectivity index (χ1v) is 11.9. The number of benzene rings is 2. The SMILES string of the molecule is Cc1ccc(CC(=O)Cc2ccc(Oc3cc(NC4CCCC(O)C4)ncn3)cc2)cc1C(F)(F)F. The molecular formula is C27H28F3N3O3. The van der Waals surface area contributed by atoms with E-state index in [9.17, 15) is 23.1 Å². The number of Topliss-reactive ketones (excluding diaryl/α,β-unsaturated/α-hetero) is 1. The lowest BCUT2D eigenvalue weighted by atomic mass is 9.93. The largest absolute Gasteiger partial charge is 0.439 e. The molecule has 0 saturated heterocycles. The van der Waals surface area contributed by atoms with Crippen LogP contribution in [0.2, 0.25) is 0 Å². The molecule has 36 heavy (non-hydrogen) atoms. The molecule has 2 atom stereocenters. The lowest BCUT2D eigenvalue weighted by Gasteiger charge is -2.27. The highest BCUT2D eigenvalue weighted by atomic mass is 19.4. The Morgan fingerprint density at radius 3 is 2.50 bits per heavy atom. The number of alkyl halides is 3. The number of ketones is 1. The molecule has 4 rings (SSSR count). The number of ether oxygens (including phenoxy) is 1. The van der Waals surface area contributed by atoms with Gasteiger partial charge in [-0.2, -0.15) is 13.2 Å². The summed E-state index contributed by atoms with van der Waals surface area (Å²) in [7, 11) is 0. The summed E-state index contributed by atoms with van der Waals surface area (Å²) in [5, 5.41) is 13.2. The van der Waals surface area contributed by atoms with E-state index in [0.717, 1.165) is 30.9 Å². The van der Waals surface area contributed by atoms with Crippen LogP contribution in [0, 0.1) is 6.92 Å². The highest BCUT2D eigenvalue weighted by Crippen LogP contribution is 2.32. The van der Waals surface area contributed by atoms with Crippen molar-refractivity contribution in [3.63, 3.8) is 0 Å². The number of aliphatic hydroxyl groups is 1. The van der Waals surface area contributed by atoms with E-state index in [4.69, 9.17) is 4.74 Å². The van der Waals surface area contributed by atoms with Gasteiger partial charge in [-0.3, -0.25) is 4.79 Å². The summed E-state index contributed by atoms with van der Waals surface area (Å²) in [5.74, 6) is 1.32. The number of nitrogens with one attached hydrogen (secondary N) is 1. The summed E-state index contributed by atoms with van der Waals surface area (Å²) in [5.41, 5.74) is 0.493. The predicted molar refractivity (Wildman–Crippen MR) is 129 cm³/mol. The van der Waals surface area contributed by atoms with Gasteiger partial charge in [0.15, 0.2) is 0 Å². The van der Waals surface area contributed by atoms with Crippen molar-refractivity contribution in [2.75, 3.05) is 5.32 Å². The van der Waals surface area contributed by atoms with E-state index in [2.05, 4.69) is 15.3 Å². The average Bonchev–Trinajstić information content (AvgIpc) is 2.81. The van der Waals surface area contributed by atoms with Crippen LogP contribution in [0.4, 0.5) is 19.0 Å². The van der Waals surface area contributed by atoms with Crippen molar-refractivity contribution in [1.29, 1.82) is 0 Å². The second-order valence-electron chi connectivity index (χ2n) is 9.19. The van der Waals surface area contributed by atoms with Crippen LogP contribution >= 0.6 is 0 Å². The Morgan fingerprint density at radius 2 is 1.78 bits per heavy atom. The molecule has 0 spiro atoms. The smallest absolute Gasteiger partial charge is 0.416 e. The third-order valence-electron chi connectivity index (χ3n) is 6.20. The summed E-state index contributed by atoms with van der Waals surface area (Å²) in [6, 6.07) is 12.7. The molecule has 1 saturated carbocycles. The van der Waals surface area contributed by atoms with Gasteiger partial charge in [0.25, 0.3) is 0 Å². The fourth-order valence-electron chi connectivity index (χ4n) is 4.38. The third kappa shape index (κ3) is 7.04. The Balaban J connectivity index is 1.33. The molecule has 2 unspecified atom stereocenters. The van der Waals surface area contributed by atoms with Gasteiger partial charge in [0.05, 0.1) is 11.7 Å². The van der Waals surface area contributed by atoms with Crippen LogP contribution in [0.1, 0.15) is 47.9 Å². The summed E-state index contributed by atoms with van der Waals surface area (Å²) < 4.78 is 45.2. The summed E-state index contributed by atoms with van der Waals surface area (Å²) in [4.78, 5) is 20.8. The molecule has 0 aliphatic heterocycles. The first-order chi connectivity index (χ1) is 17.2. The van der Waals surface area contributed by atoms with E-state index in [0.29, 0.717) is 29.4 Å². The lowest BCUT2D eigenvalue weighted by molar-refractivity contribution is -0.138. The number of rotatable bonds is 8. The normalized spacial score (nSPS) is 18.0. The van der Waals surface area contributed by atoms with Crippen molar-refractivity contribution >= 4 is 11.6 Å². The van der Waals surface area contributed by atoms with Gasteiger partial charge < -0.3 is 15.2 Å². The van der Waals surface area contributed by atoms with E-state index >= 15 is 0 Å². The zero-order valence-corrected chi connectivity index (χ0v) is 19.9. The van der Waals surface area contributed by atoms with Gasteiger partial charge in [0.2, 0.25) is 5.88 Å². The van der Waals surface area contributed by atoms with E-state index in [1.54, 1.807) is 36.4 Å². The van der Waals surface area contributed by atoms with Gasteiger partial charge in [-0.15, -0.1) is 0 Å². The minimum atomic E-state index is -4.45. The number of halogens is 3. The number of aryl methyl sites for hydroxylation is 1. The molecule has 1 aliphatic rings. The number of nitrogens with zero attached hydrogens (tertiary/aromatic N) is 2. The van der Waals surface area contributed by atoms with Crippen LogP contribution < -0.4 is 10.1 Å². The summed E-state index contributed by atoms with van der Waals surface area (Å²) in [6.07, 6.45) is 0.106. The molecular weight excluding hydrogens is 471 g/mol. The van der Waals surface area contributed by atoms with Crippen molar-refractivity contribution in [2.45, 2.75) is 63.8 Å². The van der Waals surface area contributed by atoms with Gasteiger partial charge in [-0.05, 0) is 67.5 Å². The Kier molecular flexibility index (Phi) is 7.88. The molecule has 2 aromatic carbocycles. The molecule has 1 fully saturated rings. The molecule has 0 bridgehead atoms. The van der Waals surface area contributed by atoms with E-state index in [-0.39, 0.29) is 36.3 Å². The molecule has 6 nitrogen and oxygen atoms in total. The highest BCUT2D eigenvalue weighted by Gasteiger charge is 2.32. The van der Waals surface area contributed by atoms with E-state index in [1.807, 2.05) is 0 Å². The van der Waals surface area contributed by atoms with Gasteiger partial charge >= 0.3 is 6.18 Å². The van der Waals surface area contributed by atoms with Gasteiger partial charge in [-0.1, -0.05) is 24.3 Å². The molecule has 0 radical (unpaired) electrons. The number of carbonyl (C=O) groups excluding carboxylic acids is 1. The molecule has 9 heteroatoms. The number of aromatic nitrogens is 2. The average molecular weight is 500 g/mol. The zero-order chi connectivity index (χ0) is 25.7. The third-order valence-corrected chi connectivity index (χ3v) is 6.20. The van der Waals surface area contributed by atoms with Crippen LogP contribution in [0.15, 0.2) is 54.9 Å². The fourth-order valence-corrected chi connectivity index (χ4v) is 4.38. The minimum Gasteiger partial charge on any atom is -0.439 e. The fraction of sp³-hybridized carbons (Fsp3) is 0.370. The maximum atomic E-state index is 13.1. The maximum Gasteiger partial charge on any atom is 0.416 e. The standard InChI is InChI=1S/C27H28F3N3O3/c1-17-5-6-19(13-24(17)27(28,29)30)12-22(35)11-18-7-9-23(10-8-18)36-26-15-25(31-16-32-26)33-20-3-2-4-21(34)14-20/h5-10,13,15-16,20-21,34H,2-4,11-12,14H2,1H3,(H,31,32,33). The van der Waals surface area contributed by atoms with Crippen LogP contribution in [-0.4, -0.2) is 33.0 Å². The van der Waals surface area contributed by atoms with Crippen molar-refractivity contribution in [2.24, 2.45) is 0 Å². The summed E-state index contributed by atoms with van der Waals surface area (Å²) >= 11 is 0. The first kappa shape index (κ1) is 25.6. The minimum absolute atomic E-state index is 0.0731. The number of carbonyl (C=O) groups is 1. The van der Waals surface area contributed by atoms with Gasteiger partial charge in [0, 0.05) is 24.9 Å². The molecule has 1 aliphatic carbocycles. The highest BCUT2D eigenvalue weighted by molar-refractivity contribution is 5.83. The Labute approximate surface area is 207 Å². The first-order valence-electron chi connectivity index (χ1n) is 11.9. The van der Waals surface area contributed by atoms with Crippen LogP contribution in [-0.2, 0) is 23.8 Å². The molecule has 190 valence electrons. The van der Waals surface area contributed by atoms with Crippen molar-refractivity contribution in [3.05, 3.63) is 77.1 Å². The van der Waals surface area contributed by atoms with Gasteiger partial charge in [0.1, 0.15) is 23.7 Å². The Hall–Kier alpha value is -3.46. The Morgan fingerprint density at radius 1 is 1.06 bits per heavy atom. The second-order valence-corrected chi connectivity index (χ2v) is 9.19. The maximum absolute atomic E-state index is 13.1. The molecule has 0 amide bonds. The molecule has 1 aromatic heterocycles. The van der Waals surface area contributed by atoms with Crippen molar-refractivity contribution in [3.8, 4) is 11.6 Å². The van der Waals surface area contributed by atoms with Crippen molar-refractivity contribution in [1.82, 2.24) is 9.97 Å². The van der Waals surface area contributed by atoms with Crippen LogP contribution in [0.5, 0.6) is 11.6 Å². The Bertz CT molecular complexity index is 1200. The quantitative estimate of drug-likeness (QED) is 0.416. The number of hydrogen-bond acceptors (Lipinski definition) is 6. The second kappa shape index (κ2) is 11.1. The summed E-state index contributed by atoms with van der Waals surface area (Å²) in [6.45, 7) is 1.40. The monoisotopic (exact) mass is 499 g/mol. The lowest BCUT2D eigenvalue weighted by Crippen LogP contribution is -2.30. The van der Waals surface area contributed by atoms with Crippen molar-refractivity contribution < 1.29 is 27.8 Å². The van der Waals surface area contributed by atoms with Crippen LogP contribution in [0.25, 0.3) is 0 Å². The van der Waals surface area contributed by atoms with E-state index < -0.39 is 11.7 Å². The van der Waals surface area contributed by atoms with Crippen LogP contribution in [0.3, 0.4) is 0 Å². The molecule has 2 N–H and O–H groups in total. The number of aliphatic hydroxyl groups excluding tert-OH is 1. The van der Waals surface area contributed by atoms with E-state index in [1.165, 1.54) is 19.3 Å². The topological polar surface area (TPSA) is 84.3 Å². The zero-order valence-electron chi connectivity index (χ0n) is 19.9. The molecule has 1 heterocycles. The number of anilines is 1. The molecule has 3 aromatic rings. The van der Waals surface area contributed by atoms with Gasteiger partial charge in [-0.25, -0.2) is 9.97 Å². The predicted octanol–water partition coefficient (Wildman–Crippen LogP) is 5.67. The number of hydrogen-bond donors (Lipinski definition) is 2.